The van der Waals surface area contributed by atoms with Gasteiger partial charge in [-0.3, -0.25) is 0 Å². The largest absolute Gasteiger partial charge is 0.348 e. The zero-order valence-electron chi connectivity index (χ0n) is 13.5. The minimum Gasteiger partial charge on any atom is -0.348 e. The second-order valence-corrected chi connectivity index (χ2v) is 7.86. The number of thiazole rings is 1. The summed E-state index contributed by atoms with van der Waals surface area (Å²) in [5.74, 6) is 1.58. The van der Waals surface area contributed by atoms with E-state index in [9.17, 15) is 0 Å². The number of nitrogens with zero attached hydrogens (tertiary/aromatic N) is 2. The maximum absolute atomic E-state index is 5.03. The van der Waals surface area contributed by atoms with Crippen molar-refractivity contribution in [2.45, 2.75) is 64.8 Å². The second kappa shape index (κ2) is 7.10. The average Bonchev–Trinajstić information content (AvgIpc) is 3.24. The van der Waals surface area contributed by atoms with E-state index in [-0.39, 0.29) is 0 Å². The van der Waals surface area contributed by atoms with E-state index >= 15 is 0 Å². The molecule has 0 spiro atoms. The highest BCUT2D eigenvalue weighted by Gasteiger charge is 2.31. The maximum Gasteiger partial charge on any atom is 0.185 e. The van der Waals surface area contributed by atoms with Gasteiger partial charge in [-0.15, -0.1) is 11.3 Å². The molecule has 1 aromatic heterocycles. The molecule has 1 aliphatic heterocycles. The number of unbranched alkanes of at least 4 members (excludes halogenated alkanes) is 1. The number of aromatic nitrogens is 1. The first-order valence-electron chi connectivity index (χ1n) is 8.73. The molecule has 1 aromatic rings. The third kappa shape index (κ3) is 3.98. The number of piperidine rings is 1. The molecule has 0 bridgehead atoms. The van der Waals surface area contributed by atoms with Gasteiger partial charge in [0.25, 0.3) is 0 Å². The van der Waals surface area contributed by atoms with Crippen molar-refractivity contribution >= 4 is 16.5 Å². The van der Waals surface area contributed by atoms with Crippen LogP contribution in [-0.2, 0) is 6.54 Å². The van der Waals surface area contributed by atoms with Crippen LogP contribution in [-0.4, -0.2) is 24.6 Å². The van der Waals surface area contributed by atoms with Gasteiger partial charge in [-0.05, 0) is 44.6 Å². The highest BCUT2D eigenvalue weighted by atomic mass is 32.1. The van der Waals surface area contributed by atoms with E-state index in [1.807, 2.05) is 11.3 Å². The fraction of sp³-hybridized carbons (Fsp3) is 0.824. The number of nitrogens with one attached hydrogen (secondary N) is 1. The molecule has 0 amide bonds. The topological polar surface area (TPSA) is 28.2 Å². The SMILES string of the molecule is CCCCNCc1sc(N2CCCC(C)C2)nc1C1CC1. The Morgan fingerprint density at radius 1 is 1.33 bits per heavy atom. The first kappa shape index (κ1) is 15.3. The lowest BCUT2D eigenvalue weighted by Gasteiger charge is -2.30. The van der Waals surface area contributed by atoms with Crippen molar-refractivity contribution in [1.82, 2.24) is 10.3 Å². The number of hydrogen-bond donors (Lipinski definition) is 1. The molecule has 1 N–H and O–H groups in total. The summed E-state index contributed by atoms with van der Waals surface area (Å²) in [6.45, 7) is 9.17. The summed E-state index contributed by atoms with van der Waals surface area (Å²) >= 11 is 1.95. The Balaban J connectivity index is 1.67. The van der Waals surface area contributed by atoms with Crippen LogP contribution in [0.1, 0.15) is 68.9 Å². The minimum atomic E-state index is 0.764. The number of anilines is 1. The van der Waals surface area contributed by atoms with Gasteiger partial charge in [-0.2, -0.15) is 0 Å². The third-order valence-corrected chi connectivity index (χ3v) is 5.73. The molecular weight excluding hydrogens is 278 g/mol. The smallest absolute Gasteiger partial charge is 0.185 e. The predicted molar refractivity (Wildman–Crippen MR) is 91.3 cm³/mol. The van der Waals surface area contributed by atoms with E-state index in [0.717, 1.165) is 24.9 Å². The fourth-order valence-electron chi connectivity index (χ4n) is 3.16. The molecule has 1 unspecified atom stereocenters. The van der Waals surface area contributed by atoms with Crippen LogP contribution in [0.3, 0.4) is 0 Å². The first-order valence-corrected chi connectivity index (χ1v) is 9.54. The summed E-state index contributed by atoms with van der Waals surface area (Å²) in [6, 6.07) is 0. The first-order chi connectivity index (χ1) is 10.3. The van der Waals surface area contributed by atoms with E-state index < -0.39 is 0 Å². The maximum atomic E-state index is 5.03. The molecule has 2 heterocycles. The quantitative estimate of drug-likeness (QED) is 0.767. The van der Waals surface area contributed by atoms with E-state index in [2.05, 4.69) is 24.1 Å². The van der Waals surface area contributed by atoms with Crippen molar-refractivity contribution in [3.63, 3.8) is 0 Å². The van der Waals surface area contributed by atoms with Crippen LogP contribution in [0.2, 0.25) is 0 Å². The monoisotopic (exact) mass is 307 g/mol. The Labute approximate surface area is 133 Å². The molecule has 4 heteroatoms. The van der Waals surface area contributed by atoms with Gasteiger partial charge in [-0.1, -0.05) is 20.3 Å². The van der Waals surface area contributed by atoms with Crippen LogP contribution in [0, 0.1) is 5.92 Å². The lowest BCUT2D eigenvalue weighted by Crippen LogP contribution is -2.34. The molecule has 0 aromatic carbocycles. The standard InChI is InChI=1S/C17H29N3S/c1-3-4-9-18-11-15-16(14-7-8-14)19-17(21-15)20-10-5-6-13(2)12-20/h13-14,18H,3-12H2,1-2H3. The lowest BCUT2D eigenvalue weighted by molar-refractivity contribution is 0.446. The summed E-state index contributed by atoms with van der Waals surface area (Å²) < 4.78 is 0. The molecule has 1 saturated carbocycles. The van der Waals surface area contributed by atoms with Crippen LogP contribution in [0.5, 0.6) is 0 Å². The molecule has 0 radical (unpaired) electrons. The molecule has 3 rings (SSSR count). The van der Waals surface area contributed by atoms with Gasteiger partial charge < -0.3 is 10.2 Å². The van der Waals surface area contributed by atoms with E-state index in [4.69, 9.17) is 4.98 Å². The lowest BCUT2D eigenvalue weighted by atomic mass is 10.0. The van der Waals surface area contributed by atoms with Crippen LogP contribution in [0.4, 0.5) is 5.13 Å². The van der Waals surface area contributed by atoms with Crippen LogP contribution >= 0.6 is 11.3 Å². The average molecular weight is 308 g/mol. The van der Waals surface area contributed by atoms with E-state index in [0.29, 0.717) is 0 Å². The van der Waals surface area contributed by atoms with Crippen molar-refractivity contribution in [3.05, 3.63) is 10.6 Å². The summed E-state index contributed by atoms with van der Waals surface area (Å²) in [5.41, 5.74) is 1.41. The van der Waals surface area contributed by atoms with Gasteiger partial charge in [0.1, 0.15) is 0 Å². The summed E-state index contributed by atoms with van der Waals surface area (Å²) in [4.78, 5) is 9.06. The molecule has 2 aliphatic rings. The Kier molecular flexibility index (Phi) is 5.17. The zero-order chi connectivity index (χ0) is 14.7. The molecule has 3 nitrogen and oxygen atoms in total. The Hall–Kier alpha value is -0.610. The van der Waals surface area contributed by atoms with Crippen LogP contribution in [0.15, 0.2) is 0 Å². The highest BCUT2D eigenvalue weighted by Crippen LogP contribution is 2.44. The molecule has 2 fully saturated rings. The highest BCUT2D eigenvalue weighted by molar-refractivity contribution is 7.15. The molecular formula is C17H29N3S. The van der Waals surface area contributed by atoms with Crippen molar-refractivity contribution in [3.8, 4) is 0 Å². The van der Waals surface area contributed by atoms with Crippen molar-refractivity contribution in [1.29, 1.82) is 0 Å². The van der Waals surface area contributed by atoms with Gasteiger partial charge in [-0.25, -0.2) is 4.98 Å². The zero-order valence-corrected chi connectivity index (χ0v) is 14.3. The Morgan fingerprint density at radius 3 is 2.90 bits per heavy atom. The van der Waals surface area contributed by atoms with Crippen LogP contribution < -0.4 is 10.2 Å². The van der Waals surface area contributed by atoms with Crippen molar-refractivity contribution in [2.24, 2.45) is 5.92 Å². The van der Waals surface area contributed by atoms with Crippen molar-refractivity contribution < 1.29 is 0 Å². The van der Waals surface area contributed by atoms with Crippen molar-refractivity contribution in [2.75, 3.05) is 24.5 Å². The fourth-order valence-corrected chi connectivity index (χ4v) is 4.31. The van der Waals surface area contributed by atoms with Gasteiger partial charge in [0.2, 0.25) is 0 Å². The molecule has 21 heavy (non-hydrogen) atoms. The predicted octanol–water partition coefficient (Wildman–Crippen LogP) is 4.15. The molecule has 1 atom stereocenters. The summed E-state index contributed by atoms with van der Waals surface area (Å²) in [7, 11) is 0. The van der Waals surface area contributed by atoms with Gasteiger partial charge in [0, 0.05) is 30.4 Å². The number of rotatable bonds is 7. The third-order valence-electron chi connectivity index (χ3n) is 4.60. The summed E-state index contributed by atoms with van der Waals surface area (Å²) in [6.07, 6.45) is 7.94. The normalized spacial score (nSPS) is 22.8. The number of hydrogen-bond acceptors (Lipinski definition) is 4. The van der Waals surface area contributed by atoms with E-state index in [1.54, 1.807) is 0 Å². The van der Waals surface area contributed by atoms with Gasteiger partial charge in [0.15, 0.2) is 5.13 Å². The summed E-state index contributed by atoms with van der Waals surface area (Å²) in [5, 5.41) is 4.89. The Bertz CT molecular complexity index is 453. The van der Waals surface area contributed by atoms with Gasteiger partial charge >= 0.3 is 0 Å². The molecule has 1 saturated heterocycles. The van der Waals surface area contributed by atoms with E-state index in [1.165, 1.54) is 67.3 Å². The molecule has 118 valence electrons. The van der Waals surface area contributed by atoms with Crippen LogP contribution in [0.25, 0.3) is 0 Å². The van der Waals surface area contributed by atoms with Gasteiger partial charge in [0.05, 0.1) is 5.69 Å². The Morgan fingerprint density at radius 2 is 2.19 bits per heavy atom. The molecule has 1 aliphatic carbocycles. The second-order valence-electron chi connectivity index (χ2n) is 6.80. The minimum absolute atomic E-state index is 0.764.